The minimum atomic E-state index is -3.64. The van der Waals surface area contributed by atoms with Crippen LogP contribution in [-0.2, 0) is 28.4 Å². The molecule has 0 bridgehead atoms. The number of oxazole rings is 1. The topological polar surface area (TPSA) is 72.6 Å². The zero-order valence-corrected chi connectivity index (χ0v) is 18.0. The average Bonchev–Trinajstić information content (AvgIpc) is 3.02. The van der Waals surface area contributed by atoms with Gasteiger partial charge in [-0.3, -0.25) is 0 Å². The van der Waals surface area contributed by atoms with E-state index in [4.69, 9.17) is 9.15 Å². The van der Waals surface area contributed by atoms with Crippen LogP contribution in [0, 0.1) is 20.8 Å². The van der Waals surface area contributed by atoms with E-state index in [9.17, 15) is 8.42 Å². The van der Waals surface area contributed by atoms with Crippen molar-refractivity contribution >= 4 is 10.0 Å². The van der Waals surface area contributed by atoms with Gasteiger partial charge in [0, 0.05) is 18.4 Å². The van der Waals surface area contributed by atoms with E-state index in [1.807, 2.05) is 41.5 Å². The summed E-state index contributed by atoms with van der Waals surface area (Å²) >= 11 is 0. The summed E-state index contributed by atoms with van der Waals surface area (Å²) in [5.74, 6) is 2.18. The number of nitrogens with zero attached hydrogens (tertiary/aromatic N) is 2. The molecular weight excluding hydrogens is 364 g/mol. The Hall–Kier alpha value is -1.86. The molecular formula is C20H28N2O4S. The third-order valence-corrected chi connectivity index (χ3v) is 7.11. The largest absolute Gasteiger partial charge is 0.496 e. The van der Waals surface area contributed by atoms with Gasteiger partial charge in [0.2, 0.25) is 10.0 Å². The van der Waals surface area contributed by atoms with Crippen LogP contribution in [0.5, 0.6) is 5.75 Å². The maximum absolute atomic E-state index is 13.4. The number of hydrogen-bond acceptors (Lipinski definition) is 5. The van der Waals surface area contributed by atoms with Crippen LogP contribution in [0.4, 0.5) is 0 Å². The van der Waals surface area contributed by atoms with Crippen molar-refractivity contribution in [2.24, 2.45) is 0 Å². The molecule has 0 amide bonds. The third-order valence-electron chi connectivity index (χ3n) is 5.13. The van der Waals surface area contributed by atoms with E-state index in [0.29, 0.717) is 29.4 Å². The van der Waals surface area contributed by atoms with Gasteiger partial charge in [-0.1, -0.05) is 20.8 Å². The van der Waals surface area contributed by atoms with E-state index >= 15 is 0 Å². The van der Waals surface area contributed by atoms with Crippen LogP contribution < -0.4 is 4.74 Å². The van der Waals surface area contributed by atoms with Crippen LogP contribution in [0.1, 0.15) is 54.8 Å². The van der Waals surface area contributed by atoms with Crippen LogP contribution in [0.3, 0.4) is 0 Å². The lowest BCUT2D eigenvalue weighted by atomic mass is 9.97. The lowest BCUT2D eigenvalue weighted by Crippen LogP contribution is -2.36. The van der Waals surface area contributed by atoms with Crippen LogP contribution in [-0.4, -0.2) is 31.4 Å². The molecule has 0 aliphatic carbocycles. The second-order valence-electron chi connectivity index (χ2n) is 8.20. The number of methoxy groups -OCH3 is 1. The van der Waals surface area contributed by atoms with Gasteiger partial charge in [0.05, 0.1) is 24.2 Å². The summed E-state index contributed by atoms with van der Waals surface area (Å²) in [6, 6.07) is 1.70. The molecule has 27 heavy (non-hydrogen) atoms. The molecule has 0 saturated carbocycles. The fourth-order valence-corrected chi connectivity index (χ4v) is 5.21. The predicted octanol–water partition coefficient (Wildman–Crippen LogP) is 3.65. The molecule has 0 spiro atoms. The summed E-state index contributed by atoms with van der Waals surface area (Å²) in [5.41, 5.74) is 2.90. The highest BCUT2D eigenvalue weighted by atomic mass is 32.2. The number of aromatic nitrogens is 1. The van der Waals surface area contributed by atoms with Crippen molar-refractivity contribution in [1.82, 2.24) is 9.29 Å². The molecule has 0 N–H and O–H groups in total. The smallest absolute Gasteiger partial charge is 0.243 e. The summed E-state index contributed by atoms with van der Waals surface area (Å²) in [4.78, 5) is 4.91. The Bertz CT molecular complexity index is 984. The van der Waals surface area contributed by atoms with Crippen LogP contribution in [0.2, 0.25) is 0 Å². The molecule has 2 heterocycles. The normalized spacial score (nSPS) is 15.7. The third kappa shape index (κ3) is 3.38. The number of aryl methyl sites for hydroxylation is 1. The van der Waals surface area contributed by atoms with Crippen LogP contribution in [0.15, 0.2) is 15.4 Å². The van der Waals surface area contributed by atoms with Gasteiger partial charge in [0.1, 0.15) is 11.5 Å². The molecule has 0 radical (unpaired) electrons. The number of fused-ring (bicyclic) bond motifs is 1. The van der Waals surface area contributed by atoms with Gasteiger partial charge in [-0.25, -0.2) is 13.4 Å². The molecule has 1 aliphatic heterocycles. The van der Waals surface area contributed by atoms with E-state index in [2.05, 4.69) is 4.98 Å². The van der Waals surface area contributed by atoms with Crippen molar-refractivity contribution in [2.45, 2.75) is 64.8 Å². The maximum Gasteiger partial charge on any atom is 0.243 e. The highest BCUT2D eigenvalue weighted by molar-refractivity contribution is 7.89. The molecule has 0 fully saturated rings. The summed E-state index contributed by atoms with van der Waals surface area (Å²) in [7, 11) is -2.03. The summed E-state index contributed by atoms with van der Waals surface area (Å²) in [6.07, 6.45) is 0.533. The second kappa shape index (κ2) is 6.63. The van der Waals surface area contributed by atoms with Gasteiger partial charge in [-0.2, -0.15) is 4.31 Å². The number of sulfonamides is 1. The second-order valence-corrected chi connectivity index (χ2v) is 10.1. The number of rotatable bonds is 3. The molecule has 1 aromatic heterocycles. The van der Waals surface area contributed by atoms with Gasteiger partial charge in [-0.15, -0.1) is 0 Å². The lowest BCUT2D eigenvalue weighted by molar-refractivity contribution is 0.338. The Morgan fingerprint density at radius 3 is 2.44 bits per heavy atom. The number of hydrogen-bond donors (Lipinski definition) is 0. The summed E-state index contributed by atoms with van der Waals surface area (Å²) < 4.78 is 39.5. The summed E-state index contributed by atoms with van der Waals surface area (Å²) in [6.45, 7) is 12.3. The zero-order chi connectivity index (χ0) is 20.1. The SMILES string of the molecule is COc1c(C)cc(S(=O)(=O)N2CCc3oc(C(C)(C)C)nc3C2)c(C)c1C. The van der Waals surface area contributed by atoms with Gasteiger partial charge >= 0.3 is 0 Å². The first-order chi connectivity index (χ1) is 12.5. The minimum absolute atomic E-state index is 0.207. The standard InChI is InChI=1S/C20H28N2O4S/c1-12-10-17(13(2)14(3)18(12)25-7)27(23,24)22-9-8-16-15(11-22)21-19(26-16)20(4,5)6/h10H,8-9,11H2,1-7H3. The predicted molar refractivity (Wildman–Crippen MR) is 104 cm³/mol. The fourth-order valence-electron chi connectivity index (χ4n) is 3.44. The van der Waals surface area contributed by atoms with E-state index in [-0.39, 0.29) is 12.0 Å². The van der Waals surface area contributed by atoms with Crippen molar-refractivity contribution < 1.29 is 17.6 Å². The monoisotopic (exact) mass is 392 g/mol. The maximum atomic E-state index is 13.4. The molecule has 3 rings (SSSR count). The van der Waals surface area contributed by atoms with E-state index < -0.39 is 10.0 Å². The Morgan fingerprint density at radius 1 is 1.19 bits per heavy atom. The Morgan fingerprint density at radius 2 is 1.85 bits per heavy atom. The van der Waals surface area contributed by atoms with Crippen molar-refractivity contribution in [3.63, 3.8) is 0 Å². The average molecular weight is 393 g/mol. The van der Waals surface area contributed by atoms with E-state index in [0.717, 1.165) is 28.2 Å². The Balaban J connectivity index is 1.99. The van der Waals surface area contributed by atoms with Crippen molar-refractivity contribution in [3.05, 3.63) is 40.1 Å². The Labute approximate surface area is 161 Å². The van der Waals surface area contributed by atoms with Crippen LogP contribution >= 0.6 is 0 Å². The minimum Gasteiger partial charge on any atom is -0.496 e. The molecule has 0 saturated heterocycles. The van der Waals surface area contributed by atoms with Gasteiger partial charge in [-0.05, 0) is 43.5 Å². The molecule has 7 heteroatoms. The highest BCUT2D eigenvalue weighted by Crippen LogP contribution is 2.34. The van der Waals surface area contributed by atoms with E-state index in [1.165, 1.54) is 4.31 Å². The number of ether oxygens (including phenoxy) is 1. The van der Waals surface area contributed by atoms with Crippen LogP contribution in [0.25, 0.3) is 0 Å². The van der Waals surface area contributed by atoms with Crippen molar-refractivity contribution in [1.29, 1.82) is 0 Å². The molecule has 0 unspecified atom stereocenters. The van der Waals surface area contributed by atoms with Crippen molar-refractivity contribution in [2.75, 3.05) is 13.7 Å². The van der Waals surface area contributed by atoms with Gasteiger partial charge < -0.3 is 9.15 Å². The van der Waals surface area contributed by atoms with E-state index in [1.54, 1.807) is 13.2 Å². The molecule has 2 aromatic rings. The molecule has 148 valence electrons. The van der Waals surface area contributed by atoms with Gasteiger partial charge in [0.25, 0.3) is 0 Å². The van der Waals surface area contributed by atoms with Crippen molar-refractivity contribution in [3.8, 4) is 5.75 Å². The first-order valence-electron chi connectivity index (χ1n) is 9.10. The first-order valence-corrected chi connectivity index (χ1v) is 10.5. The molecule has 1 aromatic carbocycles. The van der Waals surface area contributed by atoms with Gasteiger partial charge in [0.15, 0.2) is 5.89 Å². The Kier molecular flexibility index (Phi) is 4.89. The summed E-state index contributed by atoms with van der Waals surface area (Å²) in [5, 5.41) is 0. The lowest BCUT2D eigenvalue weighted by Gasteiger charge is -2.26. The molecule has 6 nitrogen and oxygen atoms in total. The highest BCUT2D eigenvalue weighted by Gasteiger charge is 2.34. The fraction of sp³-hybridized carbons (Fsp3) is 0.550. The molecule has 1 aliphatic rings. The molecule has 0 atom stereocenters. The quantitative estimate of drug-likeness (QED) is 0.797. The first kappa shape index (κ1) is 19.9. The zero-order valence-electron chi connectivity index (χ0n) is 17.1. The number of benzene rings is 1.